The summed E-state index contributed by atoms with van der Waals surface area (Å²) in [6.07, 6.45) is 1.45. The summed E-state index contributed by atoms with van der Waals surface area (Å²) in [5.74, 6) is 0.109. The van der Waals surface area contributed by atoms with Crippen LogP contribution in [0.3, 0.4) is 0 Å². The van der Waals surface area contributed by atoms with Gasteiger partial charge in [-0.3, -0.25) is 14.5 Å². The molecule has 2 heterocycles. The number of likely N-dealkylation sites (tertiary alicyclic amines) is 1. The number of benzene rings is 3. The van der Waals surface area contributed by atoms with Crippen LogP contribution in [-0.4, -0.2) is 49.4 Å². The van der Waals surface area contributed by atoms with E-state index >= 15 is 0 Å². The number of para-hydroxylation sites is 1. The SMILES string of the molecule is O=C(CN1C(=O)C(=Cc2ccc(C(F)(F)F)cc2)Sc2ccccc21)NCCCN1CCC(Cc2ccccc2)CC1. The first-order chi connectivity index (χ1) is 20.3. The third kappa shape index (κ3) is 7.83. The number of thioether (sulfide) groups is 1. The molecule has 3 aromatic rings. The van der Waals surface area contributed by atoms with E-state index in [-0.39, 0.29) is 18.4 Å². The minimum absolute atomic E-state index is 0.133. The molecule has 5 rings (SSSR count). The van der Waals surface area contributed by atoms with Gasteiger partial charge in [0.2, 0.25) is 5.91 Å². The van der Waals surface area contributed by atoms with Gasteiger partial charge in [-0.25, -0.2) is 0 Å². The van der Waals surface area contributed by atoms with Gasteiger partial charge in [-0.1, -0.05) is 66.4 Å². The molecule has 0 bridgehead atoms. The molecule has 2 aliphatic rings. The summed E-state index contributed by atoms with van der Waals surface area (Å²) in [6, 6.07) is 22.6. The molecule has 0 unspecified atom stereocenters. The van der Waals surface area contributed by atoms with Crippen LogP contribution >= 0.6 is 11.8 Å². The van der Waals surface area contributed by atoms with Gasteiger partial charge < -0.3 is 10.2 Å². The van der Waals surface area contributed by atoms with E-state index in [9.17, 15) is 22.8 Å². The van der Waals surface area contributed by atoms with E-state index in [1.165, 1.54) is 47.2 Å². The Hall–Kier alpha value is -3.56. The molecule has 9 heteroatoms. The van der Waals surface area contributed by atoms with E-state index in [2.05, 4.69) is 40.5 Å². The minimum Gasteiger partial charge on any atom is -0.355 e. The lowest BCUT2D eigenvalue weighted by Crippen LogP contribution is -2.43. The third-order valence-electron chi connectivity index (χ3n) is 7.72. The van der Waals surface area contributed by atoms with E-state index in [1.807, 2.05) is 18.2 Å². The monoisotopic (exact) mass is 593 g/mol. The number of amides is 2. The van der Waals surface area contributed by atoms with E-state index < -0.39 is 11.7 Å². The maximum atomic E-state index is 13.4. The predicted molar refractivity (Wildman–Crippen MR) is 161 cm³/mol. The van der Waals surface area contributed by atoms with Crippen molar-refractivity contribution < 1.29 is 22.8 Å². The molecule has 0 spiro atoms. The maximum Gasteiger partial charge on any atom is 0.416 e. The summed E-state index contributed by atoms with van der Waals surface area (Å²) in [6.45, 7) is 3.44. The average molecular weight is 594 g/mol. The van der Waals surface area contributed by atoms with Gasteiger partial charge in [-0.2, -0.15) is 13.2 Å². The van der Waals surface area contributed by atoms with Gasteiger partial charge >= 0.3 is 6.18 Å². The lowest BCUT2D eigenvalue weighted by atomic mass is 9.90. The number of fused-ring (bicyclic) bond motifs is 1. The molecule has 0 radical (unpaired) electrons. The van der Waals surface area contributed by atoms with Gasteiger partial charge in [0.05, 0.1) is 16.2 Å². The summed E-state index contributed by atoms with van der Waals surface area (Å²) in [5, 5.41) is 2.95. The molecule has 2 aliphatic heterocycles. The number of hydrogen-bond donors (Lipinski definition) is 1. The van der Waals surface area contributed by atoms with Crippen molar-refractivity contribution in [2.45, 2.75) is 36.8 Å². The topological polar surface area (TPSA) is 52.7 Å². The molecule has 220 valence electrons. The molecular weight excluding hydrogens is 559 g/mol. The van der Waals surface area contributed by atoms with Gasteiger partial charge in [0, 0.05) is 11.4 Å². The smallest absolute Gasteiger partial charge is 0.355 e. The molecule has 0 atom stereocenters. The van der Waals surface area contributed by atoms with Crippen LogP contribution in [0, 0.1) is 5.92 Å². The summed E-state index contributed by atoms with van der Waals surface area (Å²) in [7, 11) is 0. The van der Waals surface area contributed by atoms with Gasteiger partial charge in [0.15, 0.2) is 0 Å². The summed E-state index contributed by atoms with van der Waals surface area (Å²) in [5.41, 5.74) is 1.77. The first kappa shape index (κ1) is 29.9. The number of anilines is 1. The first-order valence-electron chi connectivity index (χ1n) is 14.3. The Morgan fingerprint density at radius 1 is 0.952 bits per heavy atom. The molecule has 1 saturated heterocycles. The zero-order valence-corrected chi connectivity index (χ0v) is 24.1. The zero-order chi connectivity index (χ0) is 29.5. The van der Waals surface area contributed by atoms with Crippen LogP contribution in [-0.2, 0) is 22.2 Å². The highest BCUT2D eigenvalue weighted by molar-refractivity contribution is 8.04. The normalized spacial score (nSPS) is 17.4. The second kappa shape index (κ2) is 13.6. The van der Waals surface area contributed by atoms with E-state index in [1.54, 1.807) is 12.1 Å². The number of carbonyl (C=O) groups is 2. The highest BCUT2D eigenvalue weighted by Crippen LogP contribution is 2.42. The second-order valence-corrected chi connectivity index (χ2v) is 11.9. The second-order valence-electron chi connectivity index (χ2n) is 10.8. The molecule has 0 aliphatic carbocycles. The number of hydrogen-bond acceptors (Lipinski definition) is 4. The fourth-order valence-electron chi connectivity index (χ4n) is 5.43. The van der Waals surface area contributed by atoms with E-state index in [0.29, 0.717) is 28.6 Å². The number of rotatable bonds is 9. The third-order valence-corrected chi connectivity index (χ3v) is 8.79. The highest BCUT2D eigenvalue weighted by Gasteiger charge is 2.32. The highest BCUT2D eigenvalue weighted by atomic mass is 32.2. The fraction of sp³-hybridized carbons (Fsp3) is 0.333. The van der Waals surface area contributed by atoms with Crippen LogP contribution in [0.1, 0.15) is 36.0 Å². The van der Waals surface area contributed by atoms with Crippen LogP contribution in [0.5, 0.6) is 0 Å². The van der Waals surface area contributed by atoms with E-state index in [4.69, 9.17) is 0 Å². The molecule has 1 fully saturated rings. The largest absolute Gasteiger partial charge is 0.416 e. The Kier molecular flexibility index (Phi) is 9.69. The van der Waals surface area contributed by atoms with Gasteiger partial charge in [-0.05, 0) is 92.7 Å². The Morgan fingerprint density at radius 3 is 2.36 bits per heavy atom. The van der Waals surface area contributed by atoms with Crippen molar-refractivity contribution in [3.05, 3.63) is 100 Å². The number of carbonyl (C=O) groups excluding carboxylic acids is 2. The van der Waals surface area contributed by atoms with Crippen LogP contribution in [0.15, 0.2) is 88.7 Å². The van der Waals surface area contributed by atoms with E-state index in [0.717, 1.165) is 49.5 Å². The van der Waals surface area contributed by atoms with Crippen molar-refractivity contribution in [1.82, 2.24) is 10.2 Å². The fourth-order valence-corrected chi connectivity index (χ4v) is 6.49. The van der Waals surface area contributed by atoms with Crippen molar-refractivity contribution in [2.75, 3.05) is 37.6 Å². The Labute approximate surface area is 248 Å². The Bertz CT molecular complexity index is 1400. The lowest BCUT2D eigenvalue weighted by Gasteiger charge is -2.32. The molecule has 2 amide bonds. The van der Waals surface area contributed by atoms with Crippen molar-refractivity contribution in [1.29, 1.82) is 0 Å². The summed E-state index contributed by atoms with van der Waals surface area (Å²) in [4.78, 5) is 31.3. The average Bonchev–Trinajstić information content (AvgIpc) is 2.98. The Morgan fingerprint density at radius 2 is 1.64 bits per heavy atom. The first-order valence-corrected chi connectivity index (χ1v) is 15.1. The van der Waals surface area contributed by atoms with Gasteiger partial charge in [0.25, 0.3) is 5.91 Å². The quantitative estimate of drug-likeness (QED) is 0.223. The molecule has 0 saturated carbocycles. The number of halogens is 3. The predicted octanol–water partition coefficient (Wildman–Crippen LogP) is 6.65. The van der Waals surface area contributed by atoms with Gasteiger partial charge in [0.1, 0.15) is 6.54 Å². The molecule has 0 aromatic heterocycles. The van der Waals surface area contributed by atoms with Crippen LogP contribution < -0.4 is 10.2 Å². The number of piperidine rings is 1. The molecule has 42 heavy (non-hydrogen) atoms. The van der Waals surface area contributed by atoms with Crippen molar-refractivity contribution in [3.63, 3.8) is 0 Å². The number of nitrogens with one attached hydrogen (secondary N) is 1. The van der Waals surface area contributed by atoms with Crippen molar-refractivity contribution >= 4 is 35.3 Å². The zero-order valence-electron chi connectivity index (χ0n) is 23.3. The molecule has 1 N–H and O–H groups in total. The standard InChI is InChI=1S/C33H34F3N3O2S/c34-33(35,36)27-13-11-25(12-14-27)22-30-32(41)39(28-9-4-5-10-29(28)42-30)23-31(40)37-17-6-18-38-19-15-26(16-20-38)21-24-7-2-1-3-8-24/h1-5,7-14,22,26H,6,15-21,23H2,(H,37,40). The number of alkyl halides is 3. The Balaban J connectivity index is 1.12. The minimum atomic E-state index is -4.43. The van der Waals surface area contributed by atoms with Crippen LogP contribution in [0.4, 0.5) is 18.9 Å². The molecule has 3 aromatic carbocycles. The van der Waals surface area contributed by atoms with Crippen molar-refractivity contribution in [3.8, 4) is 0 Å². The molecule has 5 nitrogen and oxygen atoms in total. The van der Waals surface area contributed by atoms with Crippen LogP contribution in [0.25, 0.3) is 6.08 Å². The van der Waals surface area contributed by atoms with Crippen LogP contribution in [0.2, 0.25) is 0 Å². The number of nitrogens with zero attached hydrogens (tertiary/aromatic N) is 2. The van der Waals surface area contributed by atoms with Gasteiger partial charge in [-0.15, -0.1) is 0 Å². The summed E-state index contributed by atoms with van der Waals surface area (Å²) < 4.78 is 38.8. The lowest BCUT2D eigenvalue weighted by molar-refractivity contribution is -0.137. The summed E-state index contributed by atoms with van der Waals surface area (Å²) >= 11 is 1.25. The van der Waals surface area contributed by atoms with Crippen molar-refractivity contribution in [2.24, 2.45) is 5.92 Å². The molecular formula is C33H34F3N3O2S. The maximum absolute atomic E-state index is 13.4.